The Morgan fingerprint density at radius 1 is 0.354 bits per heavy atom. The van der Waals surface area contributed by atoms with Gasteiger partial charge in [0.1, 0.15) is 11.5 Å². The third-order valence-electron chi connectivity index (χ3n) is 14.4. The first-order valence-electron chi connectivity index (χ1n) is 23.1. The molecule has 0 fully saturated rings. The predicted octanol–water partition coefficient (Wildman–Crippen LogP) is 16.3. The van der Waals surface area contributed by atoms with Gasteiger partial charge in [-0.1, -0.05) is 158 Å². The lowest BCUT2D eigenvalue weighted by atomic mass is 9.76. The summed E-state index contributed by atoms with van der Waals surface area (Å²) in [6.45, 7) is 0. The molecular weight excluding hydrogens is 816 g/mol. The van der Waals surface area contributed by atoms with E-state index in [1.54, 1.807) is 0 Å². The summed E-state index contributed by atoms with van der Waals surface area (Å²) in [4.78, 5) is 12.3. The number of rotatable bonds is 4. The van der Waals surface area contributed by atoms with Crippen molar-refractivity contribution in [1.82, 2.24) is 0 Å². The Morgan fingerprint density at radius 3 is 0.985 bits per heavy atom. The van der Waals surface area contributed by atoms with Crippen LogP contribution in [0, 0.1) is 0 Å². The van der Waals surface area contributed by atoms with Crippen molar-refractivity contribution in [3.05, 3.63) is 192 Å². The van der Waals surface area contributed by atoms with E-state index in [1.807, 2.05) is 0 Å². The summed E-state index contributed by atoms with van der Waals surface area (Å²) in [5, 5.41) is 8.74. The fourth-order valence-corrected chi connectivity index (χ4v) is 12.7. The molecule has 0 atom stereocenters. The average Bonchev–Trinajstić information content (AvgIpc) is 3.48. The van der Waals surface area contributed by atoms with Crippen LogP contribution in [0.25, 0.3) is 98.7 Å². The SMILES string of the molecule is O=P1(O)Oc2c(-c3c4ccccc4c(-c4ccccc4)c4ccccc34)cc3c(c2-c2c4c(cc(-c5c6ccccc6c(-c6ccccc6)c6ccccc56)c2O1)CCCC4)CCCC3. The number of benzene rings is 10. The maximum Gasteiger partial charge on any atom is 0.584 e. The van der Waals surface area contributed by atoms with E-state index in [2.05, 4.69) is 170 Å². The molecule has 10 aromatic carbocycles. The lowest BCUT2D eigenvalue weighted by Gasteiger charge is -2.29. The van der Waals surface area contributed by atoms with Gasteiger partial charge < -0.3 is 9.05 Å². The molecule has 2 aliphatic carbocycles. The molecule has 0 saturated heterocycles. The van der Waals surface area contributed by atoms with Gasteiger partial charge >= 0.3 is 7.82 Å². The zero-order chi connectivity index (χ0) is 43.2. The van der Waals surface area contributed by atoms with Crippen LogP contribution in [0.3, 0.4) is 0 Å². The summed E-state index contributed by atoms with van der Waals surface area (Å²) in [5.41, 5.74) is 15.1. The number of hydrogen-bond donors (Lipinski definition) is 1. The molecule has 314 valence electrons. The van der Waals surface area contributed by atoms with Crippen LogP contribution in [0.15, 0.2) is 170 Å². The first kappa shape index (κ1) is 38.5. The monoisotopic (exact) mass is 860 g/mol. The minimum Gasteiger partial charge on any atom is -0.394 e. The quantitative estimate of drug-likeness (QED) is 0.141. The zero-order valence-electron chi connectivity index (χ0n) is 35.9. The third-order valence-corrected chi connectivity index (χ3v) is 15.2. The van der Waals surface area contributed by atoms with Crippen molar-refractivity contribution in [2.75, 3.05) is 0 Å². The molecule has 0 radical (unpaired) electrons. The van der Waals surface area contributed by atoms with Crippen molar-refractivity contribution < 1.29 is 18.5 Å². The standard InChI is InChI=1S/C60H45O4P/c61-65(62)63-59-51(55-47-31-15-11-27-43(47)53(37-19-3-1-4-20-37)44-28-12-16-32-48(44)55)35-39-23-7-9-25-41(39)57(59)58-42-26-10-8-24-40(42)36-52(60(58)64-65)56-49-33-17-13-29-45(49)54(38-21-5-2-6-22-38)46-30-14-18-34-50(46)56/h1-6,11-22,27-36H,7-10,23-26H2,(H,61,62). The summed E-state index contributed by atoms with van der Waals surface area (Å²) in [7, 11) is -4.82. The van der Waals surface area contributed by atoms with Gasteiger partial charge in [0.2, 0.25) is 0 Å². The highest BCUT2D eigenvalue weighted by molar-refractivity contribution is 7.48. The Morgan fingerprint density at radius 2 is 0.646 bits per heavy atom. The van der Waals surface area contributed by atoms with Crippen molar-refractivity contribution in [1.29, 1.82) is 0 Å². The number of phosphoric ester groups is 1. The van der Waals surface area contributed by atoms with Gasteiger partial charge in [0.25, 0.3) is 0 Å². The maximum absolute atomic E-state index is 15.1. The molecule has 0 bridgehead atoms. The zero-order valence-corrected chi connectivity index (χ0v) is 36.8. The average molecular weight is 861 g/mol. The first-order chi connectivity index (χ1) is 32.0. The van der Waals surface area contributed by atoms with Crippen molar-refractivity contribution >= 4 is 50.9 Å². The van der Waals surface area contributed by atoms with Gasteiger partial charge in [-0.05, 0) is 151 Å². The van der Waals surface area contributed by atoms with Gasteiger partial charge in [0.15, 0.2) is 0 Å². The van der Waals surface area contributed by atoms with Gasteiger partial charge in [-0.25, -0.2) is 4.57 Å². The summed E-state index contributed by atoms with van der Waals surface area (Å²) in [6, 6.07) is 60.3. The smallest absolute Gasteiger partial charge is 0.394 e. The third kappa shape index (κ3) is 6.04. The van der Waals surface area contributed by atoms with Crippen LogP contribution in [0.4, 0.5) is 0 Å². The second-order valence-corrected chi connectivity index (χ2v) is 19.3. The van der Waals surface area contributed by atoms with Crippen LogP contribution >= 0.6 is 7.82 Å². The molecule has 1 aliphatic heterocycles. The number of aryl methyl sites for hydroxylation is 2. The summed E-state index contributed by atoms with van der Waals surface area (Å²) < 4.78 is 28.6. The lowest BCUT2D eigenvalue weighted by molar-refractivity contribution is 0.295. The maximum atomic E-state index is 15.1. The van der Waals surface area contributed by atoms with E-state index in [9.17, 15) is 4.89 Å². The summed E-state index contributed by atoms with van der Waals surface area (Å²) >= 11 is 0. The fraction of sp³-hybridized carbons (Fsp3) is 0.133. The summed E-state index contributed by atoms with van der Waals surface area (Å²) in [6.07, 6.45) is 7.74. The van der Waals surface area contributed by atoms with Gasteiger partial charge in [0.05, 0.1) is 0 Å². The fourth-order valence-electron chi connectivity index (χ4n) is 11.8. The summed E-state index contributed by atoms with van der Waals surface area (Å²) in [5.74, 6) is 0.883. The van der Waals surface area contributed by atoms with E-state index in [-0.39, 0.29) is 0 Å². The molecule has 0 unspecified atom stereocenters. The normalized spacial score (nSPS) is 15.1. The molecule has 4 nitrogen and oxygen atoms in total. The number of fused-ring (bicyclic) bond motifs is 11. The van der Waals surface area contributed by atoms with E-state index in [0.29, 0.717) is 11.5 Å². The number of hydrogen-bond acceptors (Lipinski definition) is 3. The predicted molar refractivity (Wildman–Crippen MR) is 268 cm³/mol. The van der Waals surface area contributed by atoms with Crippen molar-refractivity contribution in [3.63, 3.8) is 0 Å². The lowest BCUT2D eigenvalue weighted by Crippen LogP contribution is -2.10. The van der Waals surface area contributed by atoms with Crippen LogP contribution < -0.4 is 9.05 Å². The van der Waals surface area contributed by atoms with Gasteiger partial charge in [-0.15, -0.1) is 0 Å². The Hall–Kier alpha value is -6.97. The molecule has 1 heterocycles. The van der Waals surface area contributed by atoms with Crippen molar-refractivity contribution in [2.24, 2.45) is 0 Å². The molecule has 3 aliphatic rings. The minimum atomic E-state index is -4.82. The van der Waals surface area contributed by atoms with E-state index in [0.717, 1.165) is 139 Å². The van der Waals surface area contributed by atoms with Gasteiger partial charge in [0, 0.05) is 33.4 Å². The van der Waals surface area contributed by atoms with Crippen molar-refractivity contribution in [2.45, 2.75) is 51.4 Å². The minimum absolute atomic E-state index is 0.442. The van der Waals surface area contributed by atoms with E-state index in [4.69, 9.17) is 9.05 Å². The Kier molecular flexibility index (Phi) is 8.92. The van der Waals surface area contributed by atoms with E-state index < -0.39 is 7.82 Å². The van der Waals surface area contributed by atoms with Crippen LogP contribution in [-0.4, -0.2) is 4.89 Å². The van der Waals surface area contributed by atoms with Gasteiger partial charge in [-0.3, -0.25) is 4.89 Å². The van der Waals surface area contributed by atoms with Crippen molar-refractivity contribution in [3.8, 4) is 67.1 Å². The molecule has 0 amide bonds. The van der Waals surface area contributed by atoms with Gasteiger partial charge in [-0.2, -0.15) is 0 Å². The highest BCUT2D eigenvalue weighted by atomic mass is 31.2. The molecule has 13 rings (SSSR count). The second kappa shape index (κ2) is 15.1. The second-order valence-electron chi connectivity index (χ2n) is 18.0. The molecule has 65 heavy (non-hydrogen) atoms. The van der Waals surface area contributed by atoms with E-state index >= 15 is 4.57 Å². The largest absolute Gasteiger partial charge is 0.584 e. The number of phosphoric acid groups is 1. The molecule has 0 spiro atoms. The Balaban J connectivity index is 1.18. The topological polar surface area (TPSA) is 55.8 Å². The van der Waals surface area contributed by atoms with Crippen LogP contribution in [0.1, 0.15) is 47.9 Å². The van der Waals surface area contributed by atoms with Crippen LogP contribution in [-0.2, 0) is 30.2 Å². The first-order valence-corrected chi connectivity index (χ1v) is 24.6. The Labute approximate surface area is 378 Å². The molecule has 0 aromatic heterocycles. The van der Waals surface area contributed by atoms with Crippen LogP contribution in [0.5, 0.6) is 11.5 Å². The molecule has 10 aromatic rings. The molecule has 0 saturated carbocycles. The molecule has 1 N–H and O–H groups in total. The van der Waals surface area contributed by atoms with Crippen LogP contribution in [0.2, 0.25) is 0 Å². The Bertz CT molecular complexity index is 3300. The highest BCUT2D eigenvalue weighted by Crippen LogP contribution is 2.63. The highest BCUT2D eigenvalue weighted by Gasteiger charge is 2.41. The van der Waals surface area contributed by atoms with E-state index in [1.165, 1.54) is 33.4 Å². The molecule has 5 heteroatoms. The molecular formula is C60H45O4P.